The van der Waals surface area contributed by atoms with Gasteiger partial charge in [-0.05, 0) is 39.9 Å². The van der Waals surface area contributed by atoms with E-state index in [-0.39, 0.29) is 4.83 Å². The average Bonchev–Trinajstić information content (AvgIpc) is 2.97. The Kier molecular flexibility index (Phi) is 4.73. The maximum absolute atomic E-state index is 5.12. The third kappa shape index (κ3) is 3.20. The number of hydrogen-bond acceptors (Lipinski definition) is 2. The maximum Gasteiger partial charge on any atom is 0.0658 e. The summed E-state index contributed by atoms with van der Waals surface area (Å²) in [6.45, 7) is 0.770. The monoisotopic (exact) mass is 360 g/mol. The van der Waals surface area contributed by atoms with E-state index in [2.05, 4.69) is 69.8 Å². The van der Waals surface area contributed by atoms with Crippen molar-refractivity contribution in [2.24, 2.45) is 0 Å². The van der Waals surface area contributed by atoms with Crippen molar-refractivity contribution >= 4 is 37.4 Å². The number of hydrogen-bond donors (Lipinski definition) is 0. The smallest absolute Gasteiger partial charge is 0.0658 e. The largest absolute Gasteiger partial charge is 0.384 e. The number of halogens is 1. The van der Waals surface area contributed by atoms with Gasteiger partial charge in [-0.25, -0.2) is 0 Å². The fraction of sp³-hybridized carbons (Fsp3) is 0.222. The second-order valence-electron chi connectivity index (χ2n) is 5.03. The Morgan fingerprint density at radius 2 is 1.86 bits per heavy atom. The minimum absolute atomic E-state index is 0.241. The molecule has 0 bridgehead atoms. The molecule has 3 rings (SSSR count). The van der Waals surface area contributed by atoms with Crippen LogP contribution in [0.4, 0.5) is 0 Å². The highest BCUT2D eigenvalue weighted by molar-refractivity contribution is 9.09. The highest BCUT2D eigenvalue weighted by Gasteiger charge is 2.14. The Bertz CT molecular complexity index is 717. The van der Waals surface area contributed by atoms with Crippen molar-refractivity contribution in [3.63, 3.8) is 0 Å². The summed E-state index contributed by atoms with van der Waals surface area (Å²) in [6, 6.07) is 17.4. The number of methoxy groups -OCH3 is 1. The molecule has 1 nitrogen and oxygen atoms in total. The zero-order valence-electron chi connectivity index (χ0n) is 11.9. The molecule has 1 aromatic heterocycles. The summed E-state index contributed by atoms with van der Waals surface area (Å²) in [4.78, 5) is 0.241. The van der Waals surface area contributed by atoms with E-state index < -0.39 is 0 Å². The first-order chi connectivity index (χ1) is 10.3. The zero-order valence-corrected chi connectivity index (χ0v) is 14.3. The lowest BCUT2D eigenvalue weighted by molar-refractivity contribution is 0.202. The average molecular weight is 361 g/mol. The van der Waals surface area contributed by atoms with Crippen LogP contribution in [0.25, 0.3) is 10.1 Å². The summed E-state index contributed by atoms with van der Waals surface area (Å²) < 4.78 is 6.46. The predicted molar refractivity (Wildman–Crippen MR) is 94.6 cm³/mol. The Morgan fingerprint density at radius 1 is 1.10 bits per heavy atom. The molecule has 0 radical (unpaired) electrons. The van der Waals surface area contributed by atoms with Crippen LogP contribution in [0.1, 0.15) is 21.5 Å². The van der Waals surface area contributed by atoms with Crippen molar-refractivity contribution in [3.8, 4) is 0 Å². The molecule has 1 unspecified atom stereocenters. The van der Waals surface area contributed by atoms with E-state index in [4.69, 9.17) is 4.74 Å². The minimum atomic E-state index is 0.241. The van der Waals surface area contributed by atoms with Crippen molar-refractivity contribution in [1.82, 2.24) is 0 Å². The van der Waals surface area contributed by atoms with Crippen LogP contribution in [0.5, 0.6) is 0 Å². The highest BCUT2D eigenvalue weighted by atomic mass is 79.9. The standard InChI is InChI=1S/C18H17BrOS/c1-20-11-10-13-6-8-14(9-7-13)18(19)16-12-21-17-5-3-2-4-15(16)17/h2-9,12,18H,10-11H2,1H3. The van der Waals surface area contributed by atoms with Crippen LogP contribution in [0.15, 0.2) is 53.9 Å². The quantitative estimate of drug-likeness (QED) is 0.540. The Balaban J connectivity index is 1.86. The van der Waals surface area contributed by atoms with Gasteiger partial charge in [-0.15, -0.1) is 11.3 Å². The van der Waals surface area contributed by atoms with Gasteiger partial charge in [-0.1, -0.05) is 58.4 Å². The summed E-state index contributed by atoms with van der Waals surface area (Å²) in [5.74, 6) is 0. The first-order valence-electron chi connectivity index (χ1n) is 6.97. The summed E-state index contributed by atoms with van der Waals surface area (Å²) in [5, 5.41) is 3.59. The fourth-order valence-electron chi connectivity index (χ4n) is 2.45. The van der Waals surface area contributed by atoms with E-state index >= 15 is 0 Å². The van der Waals surface area contributed by atoms with Crippen molar-refractivity contribution in [1.29, 1.82) is 0 Å². The van der Waals surface area contributed by atoms with Crippen LogP contribution >= 0.6 is 27.3 Å². The molecule has 0 saturated carbocycles. The molecule has 0 spiro atoms. The van der Waals surface area contributed by atoms with Gasteiger partial charge in [0, 0.05) is 11.8 Å². The van der Waals surface area contributed by atoms with Gasteiger partial charge >= 0.3 is 0 Å². The van der Waals surface area contributed by atoms with Crippen molar-refractivity contribution in [3.05, 3.63) is 70.6 Å². The SMILES string of the molecule is COCCc1ccc(C(Br)c2csc3ccccc23)cc1. The van der Waals surface area contributed by atoms with Gasteiger partial charge in [0.2, 0.25) is 0 Å². The Hall–Kier alpha value is -1.16. The molecular weight excluding hydrogens is 344 g/mol. The van der Waals surface area contributed by atoms with Gasteiger partial charge in [-0.3, -0.25) is 0 Å². The lowest BCUT2D eigenvalue weighted by atomic mass is 10.0. The Morgan fingerprint density at radius 3 is 2.62 bits per heavy atom. The lowest BCUT2D eigenvalue weighted by Crippen LogP contribution is -1.96. The molecule has 0 saturated heterocycles. The van der Waals surface area contributed by atoms with Crippen molar-refractivity contribution < 1.29 is 4.74 Å². The van der Waals surface area contributed by atoms with Crippen LogP contribution in [-0.4, -0.2) is 13.7 Å². The third-order valence-electron chi connectivity index (χ3n) is 3.65. The second-order valence-corrected chi connectivity index (χ2v) is 6.86. The maximum atomic E-state index is 5.12. The molecule has 0 aliphatic rings. The molecule has 0 aliphatic carbocycles. The molecule has 1 heterocycles. The highest BCUT2D eigenvalue weighted by Crippen LogP contribution is 2.38. The normalized spacial score (nSPS) is 12.7. The second kappa shape index (κ2) is 6.73. The van der Waals surface area contributed by atoms with Gasteiger partial charge < -0.3 is 4.74 Å². The number of fused-ring (bicyclic) bond motifs is 1. The molecule has 108 valence electrons. The first kappa shape index (κ1) is 14.8. The molecule has 2 aromatic carbocycles. The third-order valence-corrected chi connectivity index (χ3v) is 5.65. The van der Waals surface area contributed by atoms with Crippen molar-refractivity contribution in [2.75, 3.05) is 13.7 Å². The minimum Gasteiger partial charge on any atom is -0.384 e. The number of thiophene rings is 1. The van der Waals surface area contributed by atoms with Gasteiger partial charge in [0.1, 0.15) is 0 Å². The fourth-order valence-corrected chi connectivity index (χ4v) is 4.29. The molecule has 0 N–H and O–H groups in total. The van der Waals surface area contributed by atoms with E-state index in [0.29, 0.717) is 0 Å². The lowest BCUT2D eigenvalue weighted by Gasteiger charge is -2.11. The predicted octanol–water partition coefficient (Wildman–Crippen LogP) is 5.57. The molecule has 0 amide bonds. The van der Waals surface area contributed by atoms with E-state index in [0.717, 1.165) is 13.0 Å². The van der Waals surface area contributed by atoms with E-state index in [1.54, 1.807) is 18.4 Å². The zero-order chi connectivity index (χ0) is 14.7. The summed E-state index contributed by atoms with van der Waals surface area (Å²) in [7, 11) is 1.74. The molecule has 0 fully saturated rings. The molecule has 3 heteroatoms. The van der Waals surface area contributed by atoms with Crippen LogP contribution < -0.4 is 0 Å². The summed E-state index contributed by atoms with van der Waals surface area (Å²) in [6.07, 6.45) is 0.963. The summed E-state index contributed by atoms with van der Waals surface area (Å²) >= 11 is 5.66. The molecule has 0 aliphatic heterocycles. The van der Waals surface area contributed by atoms with Gasteiger partial charge in [0.25, 0.3) is 0 Å². The number of rotatable bonds is 5. The van der Waals surface area contributed by atoms with Crippen LogP contribution in [0.2, 0.25) is 0 Å². The van der Waals surface area contributed by atoms with E-state index in [9.17, 15) is 0 Å². The number of benzene rings is 2. The summed E-state index contributed by atoms with van der Waals surface area (Å²) in [5.41, 5.74) is 3.95. The number of alkyl halides is 1. The van der Waals surface area contributed by atoms with Gasteiger partial charge in [0.15, 0.2) is 0 Å². The van der Waals surface area contributed by atoms with Crippen LogP contribution in [0.3, 0.4) is 0 Å². The van der Waals surface area contributed by atoms with Crippen LogP contribution in [0, 0.1) is 0 Å². The van der Waals surface area contributed by atoms with E-state index in [1.807, 2.05) is 0 Å². The van der Waals surface area contributed by atoms with Gasteiger partial charge in [0.05, 0.1) is 11.4 Å². The first-order valence-corrected chi connectivity index (χ1v) is 8.77. The number of ether oxygens (including phenoxy) is 1. The Labute approximate surface area is 137 Å². The molecule has 21 heavy (non-hydrogen) atoms. The molecular formula is C18H17BrOS. The van der Waals surface area contributed by atoms with Crippen molar-refractivity contribution in [2.45, 2.75) is 11.2 Å². The molecule has 3 aromatic rings. The van der Waals surface area contributed by atoms with Gasteiger partial charge in [-0.2, -0.15) is 0 Å². The topological polar surface area (TPSA) is 9.23 Å². The van der Waals surface area contributed by atoms with Crippen LogP contribution in [-0.2, 0) is 11.2 Å². The van der Waals surface area contributed by atoms with E-state index in [1.165, 1.54) is 26.8 Å². The molecule has 1 atom stereocenters.